The van der Waals surface area contributed by atoms with Crippen LogP contribution in [0.15, 0.2) is 34.9 Å². The second-order valence-electron chi connectivity index (χ2n) is 10.3. The summed E-state index contributed by atoms with van der Waals surface area (Å²) < 4.78 is 39.8. The number of rotatable bonds is 11. The van der Waals surface area contributed by atoms with Gasteiger partial charge in [-0.2, -0.15) is 0 Å². The van der Waals surface area contributed by atoms with Gasteiger partial charge >= 0.3 is 0 Å². The number of aromatic nitrogens is 1. The van der Waals surface area contributed by atoms with Gasteiger partial charge in [-0.3, -0.25) is 9.52 Å². The quantitative estimate of drug-likeness (QED) is 0.328. The van der Waals surface area contributed by atoms with E-state index in [2.05, 4.69) is 20.1 Å². The van der Waals surface area contributed by atoms with Crippen LogP contribution in [0.25, 0.3) is 11.1 Å². The number of carbonyl (C=O) groups is 1. The lowest BCUT2D eigenvalue weighted by molar-refractivity contribution is -0.116. The molecule has 0 spiro atoms. The van der Waals surface area contributed by atoms with E-state index < -0.39 is 10.0 Å². The van der Waals surface area contributed by atoms with Crippen LogP contribution in [0.5, 0.6) is 11.5 Å². The predicted octanol–water partition coefficient (Wildman–Crippen LogP) is 5.55. The SMILES string of the molecule is Cc1cc(NC(=O)CCCN(C)C)cc(C)c1Oc1cc(NS(=O)(=O)C2CC2)cc(-c2c(C)noc2C)c1. The fourth-order valence-corrected chi connectivity index (χ4v) is 5.83. The Bertz CT molecular complexity index is 1400. The van der Waals surface area contributed by atoms with E-state index in [1.54, 1.807) is 12.1 Å². The molecule has 38 heavy (non-hydrogen) atoms. The molecule has 1 heterocycles. The van der Waals surface area contributed by atoms with Crippen molar-refractivity contribution in [1.82, 2.24) is 10.1 Å². The number of hydrogen-bond acceptors (Lipinski definition) is 7. The van der Waals surface area contributed by atoms with Crippen LogP contribution in [0.3, 0.4) is 0 Å². The van der Waals surface area contributed by atoms with Crippen molar-refractivity contribution < 1.29 is 22.5 Å². The van der Waals surface area contributed by atoms with E-state index in [4.69, 9.17) is 9.26 Å². The molecule has 0 radical (unpaired) electrons. The van der Waals surface area contributed by atoms with Crippen LogP contribution in [-0.4, -0.2) is 50.3 Å². The Labute approximate surface area is 224 Å². The topological polar surface area (TPSA) is 114 Å². The van der Waals surface area contributed by atoms with Gasteiger partial charge in [0, 0.05) is 23.7 Å². The Kier molecular flexibility index (Phi) is 8.13. The molecule has 204 valence electrons. The lowest BCUT2D eigenvalue weighted by Gasteiger charge is -2.17. The van der Waals surface area contributed by atoms with Crippen molar-refractivity contribution in [2.45, 2.75) is 58.6 Å². The van der Waals surface area contributed by atoms with Crippen molar-refractivity contribution >= 4 is 27.3 Å². The van der Waals surface area contributed by atoms with Gasteiger partial charge in [0.05, 0.1) is 16.6 Å². The standard InChI is InChI=1S/C28H36N4O5S/c1-17-12-22(29-26(33)8-7-11-32(5)6)13-18(2)28(17)36-24-15-21(27-19(3)30-37-20(27)4)14-23(16-24)31-38(34,35)25-9-10-25/h12-16,25,31H,7-11H2,1-6H3,(H,29,33). The van der Waals surface area contributed by atoms with Crippen molar-refractivity contribution in [3.8, 4) is 22.6 Å². The first-order valence-electron chi connectivity index (χ1n) is 12.8. The molecule has 0 aliphatic heterocycles. The Balaban J connectivity index is 1.61. The van der Waals surface area contributed by atoms with Gasteiger partial charge in [0.2, 0.25) is 15.9 Å². The molecule has 1 fully saturated rings. The largest absolute Gasteiger partial charge is 0.457 e. The minimum atomic E-state index is -3.47. The highest BCUT2D eigenvalue weighted by atomic mass is 32.2. The number of anilines is 2. The van der Waals surface area contributed by atoms with Gasteiger partial charge in [-0.05, 0) is 109 Å². The smallest absolute Gasteiger partial charge is 0.235 e. The van der Waals surface area contributed by atoms with Crippen LogP contribution in [-0.2, 0) is 14.8 Å². The number of sulfonamides is 1. The third-order valence-corrected chi connectivity index (χ3v) is 8.29. The fraction of sp³-hybridized carbons (Fsp3) is 0.429. The second-order valence-corrected chi connectivity index (χ2v) is 12.2. The first kappa shape index (κ1) is 27.7. The first-order valence-corrected chi connectivity index (χ1v) is 14.3. The van der Waals surface area contributed by atoms with Crippen LogP contribution < -0.4 is 14.8 Å². The molecule has 0 bridgehead atoms. The average molecular weight is 541 g/mol. The molecule has 1 amide bonds. The second kappa shape index (κ2) is 11.2. The third kappa shape index (κ3) is 6.73. The number of ether oxygens (including phenoxy) is 1. The van der Waals surface area contributed by atoms with E-state index in [1.807, 2.05) is 60.0 Å². The van der Waals surface area contributed by atoms with Crippen molar-refractivity contribution in [3.63, 3.8) is 0 Å². The number of amides is 1. The third-order valence-electron chi connectivity index (χ3n) is 6.43. The molecule has 1 aromatic heterocycles. The normalized spacial score (nSPS) is 13.6. The number of carbonyl (C=O) groups excluding carboxylic acids is 1. The highest BCUT2D eigenvalue weighted by molar-refractivity contribution is 7.93. The number of hydrogen-bond donors (Lipinski definition) is 2. The minimum absolute atomic E-state index is 0.0286. The van der Waals surface area contributed by atoms with E-state index in [1.165, 1.54) is 0 Å². The van der Waals surface area contributed by atoms with Crippen LogP contribution in [0.1, 0.15) is 48.3 Å². The molecule has 0 atom stereocenters. The zero-order chi connectivity index (χ0) is 27.6. The Morgan fingerprint density at radius 2 is 1.74 bits per heavy atom. The Morgan fingerprint density at radius 1 is 1.05 bits per heavy atom. The van der Waals surface area contributed by atoms with Crippen LogP contribution in [0.2, 0.25) is 0 Å². The highest BCUT2D eigenvalue weighted by Gasteiger charge is 2.36. The first-order chi connectivity index (χ1) is 17.9. The van der Waals surface area contributed by atoms with Gasteiger partial charge in [-0.25, -0.2) is 8.42 Å². The summed E-state index contributed by atoms with van der Waals surface area (Å²) in [6, 6.07) is 9.05. The van der Waals surface area contributed by atoms with Crippen molar-refractivity contribution in [1.29, 1.82) is 0 Å². The maximum atomic E-state index is 12.7. The van der Waals surface area contributed by atoms with Crippen LogP contribution in [0, 0.1) is 27.7 Å². The number of nitrogens with zero attached hydrogens (tertiary/aromatic N) is 2. The molecule has 2 aromatic carbocycles. The molecule has 1 aliphatic rings. The van der Waals surface area contributed by atoms with Crippen LogP contribution >= 0.6 is 0 Å². The van der Waals surface area contributed by atoms with Crippen molar-refractivity contribution in [2.24, 2.45) is 0 Å². The molecule has 9 nitrogen and oxygen atoms in total. The summed E-state index contributed by atoms with van der Waals surface area (Å²) in [6.07, 6.45) is 2.56. The fourth-order valence-electron chi connectivity index (χ4n) is 4.46. The zero-order valence-corrected chi connectivity index (χ0v) is 23.7. The maximum Gasteiger partial charge on any atom is 0.235 e. The van der Waals surface area contributed by atoms with Gasteiger partial charge in [0.15, 0.2) is 0 Å². The van der Waals surface area contributed by atoms with E-state index in [-0.39, 0.29) is 11.2 Å². The highest BCUT2D eigenvalue weighted by Crippen LogP contribution is 2.38. The summed E-state index contributed by atoms with van der Waals surface area (Å²) in [5, 5.41) is 6.66. The number of aryl methyl sites for hydroxylation is 4. The van der Waals surface area contributed by atoms with Crippen molar-refractivity contribution in [2.75, 3.05) is 30.7 Å². The number of benzene rings is 2. The van der Waals surface area contributed by atoms with Gasteiger partial charge in [-0.15, -0.1) is 0 Å². The van der Waals surface area contributed by atoms with Gasteiger partial charge in [0.25, 0.3) is 0 Å². The van der Waals surface area contributed by atoms with Gasteiger partial charge < -0.3 is 19.5 Å². The van der Waals surface area contributed by atoms with Crippen molar-refractivity contribution in [3.05, 3.63) is 52.9 Å². The molecule has 1 saturated carbocycles. The number of nitrogens with one attached hydrogen (secondary N) is 2. The maximum absolute atomic E-state index is 12.7. The molecule has 2 N–H and O–H groups in total. The average Bonchev–Trinajstić information content (AvgIpc) is 3.61. The summed E-state index contributed by atoms with van der Waals surface area (Å²) in [4.78, 5) is 14.4. The predicted molar refractivity (Wildman–Crippen MR) is 149 cm³/mol. The lowest BCUT2D eigenvalue weighted by atomic mass is 10.0. The molecule has 4 rings (SSSR count). The molecule has 0 saturated heterocycles. The summed E-state index contributed by atoms with van der Waals surface area (Å²) >= 11 is 0. The molecule has 1 aliphatic carbocycles. The Hall–Kier alpha value is -3.37. The molecule has 0 unspecified atom stereocenters. The van der Waals surface area contributed by atoms with E-state index in [9.17, 15) is 13.2 Å². The summed E-state index contributed by atoms with van der Waals surface area (Å²) in [5.41, 5.74) is 5.06. The lowest BCUT2D eigenvalue weighted by Crippen LogP contribution is -2.17. The minimum Gasteiger partial charge on any atom is -0.457 e. The summed E-state index contributed by atoms with van der Waals surface area (Å²) in [7, 11) is 0.501. The van der Waals surface area contributed by atoms with Gasteiger partial charge in [0.1, 0.15) is 17.3 Å². The summed E-state index contributed by atoms with van der Waals surface area (Å²) in [5.74, 6) is 1.72. The van der Waals surface area contributed by atoms with E-state index in [0.717, 1.165) is 35.2 Å². The Morgan fingerprint density at radius 3 is 2.32 bits per heavy atom. The van der Waals surface area contributed by atoms with E-state index in [0.29, 0.717) is 53.6 Å². The van der Waals surface area contributed by atoms with E-state index >= 15 is 0 Å². The zero-order valence-electron chi connectivity index (χ0n) is 22.8. The molecular formula is C28H36N4O5S. The molecular weight excluding hydrogens is 504 g/mol. The van der Waals surface area contributed by atoms with Gasteiger partial charge in [-0.1, -0.05) is 5.16 Å². The monoisotopic (exact) mass is 540 g/mol. The van der Waals surface area contributed by atoms with Crippen LogP contribution in [0.4, 0.5) is 11.4 Å². The molecule has 10 heteroatoms. The summed E-state index contributed by atoms with van der Waals surface area (Å²) in [6.45, 7) is 8.34. The molecule has 3 aromatic rings.